The van der Waals surface area contributed by atoms with Gasteiger partial charge in [0, 0.05) is 11.8 Å². The maximum absolute atomic E-state index is 5.38. The SMILES string of the molecule is CCSCC(C)NC(=NC1CC1)NN. The largest absolute Gasteiger partial charge is 0.352 e. The van der Waals surface area contributed by atoms with E-state index < -0.39 is 0 Å². The zero-order chi connectivity index (χ0) is 10.4. The van der Waals surface area contributed by atoms with Gasteiger partial charge in [0.25, 0.3) is 0 Å². The van der Waals surface area contributed by atoms with E-state index in [0.717, 1.165) is 17.5 Å². The minimum absolute atomic E-state index is 0.411. The summed E-state index contributed by atoms with van der Waals surface area (Å²) in [7, 11) is 0. The number of nitrogens with zero attached hydrogens (tertiary/aromatic N) is 1. The van der Waals surface area contributed by atoms with Crippen molar-refractivity contribution in [1.29, 1.82) is 0 Å². The summed E-state index contributed by atoms with van der Waals surface area (Å²) in [4.78, 5) is 4.41. The van der Waals surface area contributed by atoms with E-state index in [0.29, 0.717) is 12.1 Å². The zero-order valence-corrected chi connectivity index (χ0v) is 9.73. The molecule has 0 heterocycles. The second-order valence-electron chi connectivity index (χ2n) is 3.56. The Morgan fingerprint density at radius 3 is 2.86 bits per heavy atom. The van der Waals surface area contributed by atoms with Crippen molar-refractivity contribution in [2.45, 2.75) is 38.8 Å². The molecule has 4 N–H and O–H groups in total. The van der Waals surface area contributed by atoms with Crippen LogP contribution in [-0.2, 0) is 0 Å². The molecule has 0 aromatic rings. The van der Waals surface area contributed by atoms with Crippen molar-refractivity contribution in [3.63, 3.8) is 0 Å². The number of thioether (sulfide) groups is 1. The molecule has 1 atom stereocenters. The number of hydrogen-bond donors (Lipinski definition) is 3. The van der Waals surface area contributed by atoms with Gasteiger partial charge in [-0.3, -0.25) is 5.43 Å². The predicted octanol–water partition coefficient (Wildman–Crippen LogP) is 0.699. The summed E-state index contributed by atoms with van der Waals surface area (Å²) in [5, 5.41) is 3.27. The summed E-state index contributed by atoms with van der Waals surface area (Å²) < 4.78 is 0. The van der Waals surface area contributed by atoms with Crippen LogP contribution in [0.15, 0.2) is 4.99 Å². The van der Waals surface area contributed by atoms with Gasteiger partial charge in [0.1, 0.15) is 0 Å². The Labute approximate surface area is 90.1 Å². The third-order valence-electron chi connectivity index (χ3n) is 1.95. The lowest BCUT2D eigenvalue weighted by Crippen LogP contribution is -2.46. The Kier molecular flexibility index (Phi) is 5.11. The van der Waals surface area contributed by atoms with Gasteiger partial charge in [0.05, 0.1) is 6.04 Å². The summed E-state index contributed by atoms with van der Waals surface area (Å²) in [5.74, 6) is 8.34. The van der Waals surface area contributed by atoms with Crippen LogP contribution < -0.4 is 16.6 Å². The summed E-state index contributed by atoms with van der Waals surface area (Å²) in [6.45, 7) is 4.31. The van der Waals surface area contributed by atoms with Gasteiger partial charge in [-0.25, -0.2) is 10.8 Å². The van der Waals surface area contributed by atoms with Gasteiger partial charge in [-0.2, -0.15) is 11.8 Å². The molecule has 0 saturated heterocycles. The molecule has 0 amide bonds. The Morgan fingerprint density at radius 2 is 2.36 bits per heavy atom. The Bertz CT molecular complexity index is 191. The number of nitrogens with one attached hydrogen (secondary N) is 2. The molecular weight excluding hydrogens is 196 g/mol. The highest BCUT2D eigenvalue weighted by Gasteiger charge is 2.21. The quantitative estimate of drug-likeness (QED) is 0.274. The lowest BCUT2D eigenvalue weighted by molar-refractivity contribution is 0.711. The molecule has 1 rings (SSSR count). The normalized spacial score (nSPS) is 19.2. The lowest BCUT2D eigenvalue weighted by Gasteiger charge is -2.15. The predicted molar refractivity (Wildman–Crippen MR) is 63.4 cm³/mol. The first-order chi connectivity index (χ1) is 6.76. The van der Waals surface area contributed by atoms with Gasteiger partial charge in [-0.05, 0) is 25.5 Å². The molecule has 82 valence electrons. The van der Waals surface area contributed by atoms with Gasteiger partial charge in [0.2, 0.25) is 5.96 Å². The van der Waals surface area contributed by atoms with Crippen LogP contribution in [0.5, 0.6) is 0 Å². The van der Waals surface area contributed by atoms with Crippen LogP contribution in [-0.4, -0.2) is 29.5 Å². The van der Waals surface area contributed by atoms with Crippen molar-refractivity contribution in [2.24, 2.45) is 10.8 Å². The monoisotopic (exact) mass is 216 g/mol. The fourth-order valence-electron chi connectivity index (χ4n) is 1.07. The van der Waals surface area contributed by atoms with E-state index in [1.165, 1.54) is 12.8 Å². The van der Waals surface area contributed by atoms with E-state index in [1.807, 2.05) is 11.8 Å². The average molecular weight is 216 g/mol. The molecule has 1 aliphatic carbocycles. The average Bonchev–Trinajstić information content (AvgIpc) is 2.97. The molecule has 0 bridgehead atoms. The van der Waals surface area contributed by atoms with Crippen LogP contribution in [0.3, 0.4) is 0 Å². The molecule has 14 heavy (non-hydrogen) atoms. The van der Waals surface area contributed by atoms with Gasteiger partial charge >= 0.3 is 0 Å². The molecule has 0 aliphatic heterocycles. The van der Waals surface area contributed by atoms with Crippen molar-refractivity contribution in [3.8, 4) is 0 Å². The minimum atomic E-state index is 0.411. The number of hydrazine groups is 1. The first-order valence-electron chi connectivity index (χ1n) is 5.15. The molecular formula is C9H20N4S. The molecule has 1 aliphatic rings. The maximum Gasteiger partial charge on any atom is 0.206 e. The molecule has 0 aromatic heterocycles. The van der Waals surface area contributed by atoms with Crippen molar-refractivity contribution in [3.05, 3.63) is 0 Å². The van der Waals surface area contributed by atoms with E-state index in [-0.39, 0.29) is 0 Å². The second kappa shape index (κ2) is 6.14. The van der Waals surface area contributed by atoms with Crippen molar-refractivity contribution >= 4 is 17.7 Å². The van der Waals surface area contributed by atoms with E-state index >= 15 is 0 Å². The van der Waals surface area contributed by atoms with E-state index in [2.05, 4.69) is 29.6 Å². The minimum Gasteiger partial charge on any atom is -0.352 e. The van der Waals surface area contributed by atoms with Crippen LogP contribution in [0, 0.1) is 0 Å². The highest BCUT2D eigenvalue weighted by Crippen LogP contribution is 2.23. The van der Waals surface area contributed by atoms with Crippen LogP contribution in [0.1, 0.15) is 26.7 Å². The van der Waals surface area contributed by atoms with Gasteiger partial charge < -0.3 is 5.32 Å². The van der Waals surface area contributed by atoms with Gasteiger partial charge in [-0.1, -0.05) is 6.92 Å². The molecule has 0 aromatic carbocycles. The fraction of sp³-hybridized carbons (Fsp3) is 0.889. The molecule has 0 spiro atoms. The van der Waals surface area contributed by atoms with Gasteiger partial charge in [-0.15, -0.1) is 0 Å². The van der Waals surface area contributed by atoms with E-state index in [9.17, 15) is 0 Å². The third-order valence-corrected chi connectivity index (χ3v) is 3.09. The lowest BCUT2D eigenvalue weighted by atomic mass is 10.4. The highest BCUT2D eigenvalue weighted by atomic mass is 32.2. The first kappa shape index (κ1) is 11.7. The second-order valence-corrected chi connectivity index (χ2v) is 4.88. The fourth-order valence-corrected chi connectivity index (χ4v) is 1.74. The molecule has 0 radical (unpaired) electrons. The van der Waals surface area contributed by atoms with Crippen molar-refractivity contribution < 1.29 is 0 Å². The zero-order valence-electron chi connectivity index (χ0n) is 8.92. The number of hydrogen-bond acceptors (Lipinski definition) is 3. The number of rotatable bonds is 5. The molecule has 1 fully saturated rings. The molecule has 1 unspecified atom stereocenters. The van der Waals surface area contributed by atoms with Crippen molar-refractivity contribution in [2.75, 3.05) is 11.5 Å². The Balaban J connectivity index is 2.24. The molecule has 5 heteroatoms. The van der Waals surface area contributed by atoms with Crippen LogP contribution >= 0.6 is 11.8 Å². The summed E-state index contributed by atoms with van der Waals surface area (Å²) in [6.07, 6.45) is 2.40. The van der Waals surface area contributed by atoms with Gasteiger partial charge in [0.15, 0.2) is 0 Å². The number of guanidine groups is 1. The Hall–Kier alpha value is -0.420. The summed E-state index contributed by atoms with van der Waals surface area (Å²) in [5.41, 5.74) is 2.61. The third kappa shape index (κ3) is 4.72. The van der Waals surface area contributed by atoms with Crippen LogP contribution in [0.4, 0.5) is 0 Å². The van der Waals surface area contributed by atoms with Crippen LogP contribution in [0.2, 0.25) is 0 Å². The first-order valence-corrected chi connectivity index (χ1v) is 6.30. The van der Waals surface area contributed by atoms with Crippen LogP contribution in [0.25, 0.3) is 0 Å². The number of nitrogens with two attached hydrogens (primary N) is 1. The molecule has 4 nitrogen and oxygen atoms in total. The highest BCUT2D eigenvalue weighted by molar-refractivity contribution is 7.99. The Morgan fingerprint density at radius 1 is 1.64 bits per heavy atom. The number of aliphatic imine (C=N–C) groups is 1. The maximum atomic E-state index is 5.38. The standard InChI is InChI=1S/C9H20N4S/c1-3-14-6-7(2)11-9(13-10)12-8-4-5-8/h7-8H,3-6,10H2,1-2H3,(H2,11,12,13). The van der Waals surface area contributed by atoms with E-state index in [1.54, 1.807) is 0 Å². The van der Waals surface area contributed by atoms with E-state index in [4.69, 9.17) is 5.84 Å². The topological polar surface area (TPSA) is 62.4 Å². The molecule has 1 saturated carbocycles. The summed E-state index contributed by atoms with van der Waals surface area (Å²) >= 11 is 1.92. The summed E-state index contributed by atoms with van der Waals surface area (Å²) in [6, 6.07) is 0.910. The van der Waals surface area contributed by atoms with Crippen molar-refractivity contribution in [1.82, 2.24) is 10.7 Å². The smallest absolute Gasteiger partial charge is 0.206 e.